The van der Waals surface area contributed by atoms with Crippen molar-refractivity contribution in [3.8, 4) is 6.07 Å². The van der Waals surface area contributed by atoms with Crippen LogP contribution in [0.2, 0.25) is 0 Å². The van der Waals surface area contributed by atoms with Crippen molar-refractivity contribution < 1.29 is 4.21 Å². The standard InChI is InChI=1S/C8H15N3OS/c9-6-8(10)7-11-2-1-4-13(12)5-3-11/h8H,1-5,7,10H2. The second kappa shape index (κ2) is 5.32. The molecule has 5 heteroatoms. The van der Waals surface area contributed by atoms with E-state index in [1.165, 1.54) is 0 Å². The summed E-state index contributed by atoms with van der Waals surface area (Å²) in [6.07, 6.45) is 0.949. The van der Waals surface area contributed by atoms with Crippen molar-refractivity contribution in [2.24, 2.45) is 5.73 Å². The SMILES string of the molecule is N#CC(N)CN1CCCS(=O)CC1. The van der Waals surface area contributed by atoms with Gasteiger partial charge in [-0.1, -0.05) is 0 Å². The van der Waals surface area contributed by atoms with Crippen LogP contribution in [0, 0.1) is 11.3 Å². The van der Waals surface area contributed by atoms with Gasteiger partial charge in [0.25, 0.3) is 0 Å². The molecule has 0 amide bonds. The van der Waals surface area contributed by atoms with Gasteiger partial charge in [0.2, 0.25) is 0 Å². The number of nitrogens with zero attached hydrogens (tertiary/aromatic N) is 2. The van der Waals surface area contributed by atoms with E-state index in [0.717, 1.165) is 31.0 Å². The van der Waals surface area contributed by atoms with Gasteiger partial charge in [-0.15, -0.1) is 0 Å². The van der Waals surface area contributed by atoms with E-state index in [-0.39, 0.29) is 0 Å². The van der Waals surface area contributed by atoms with Crippen LogP contribution in [0.25, 0.3) is 0 Å². The van der Waals surface area contributed by atoms with Crippen LogP contribution < -0.4 is 5.73 Å². The van der Waals surface area contributed by atoms with E-state index in [1.807, 2.05) is 6.07 Å². The van der Waals surface area contributed by atoms with Gasteiger partial charge in [0.05, 0.1) is 6.07 Å². The highest BCUT2D eigenvalue weighted by Gasteiger charge is 2.14. The van der Waals surface area contributed by atoms with Gasteiger partial charge in [0, 0.05) is 35.4 Å². The van der Waals surface area contributed by atoms with Crippen LogP contribution in [-0.2, 0) is 10.8 Å². The Morgan fingerprint density at radius 3 is 3.00 bits per heavy atom. The summed E-state index contributed by atoms with van der Waals surface area (Å²) in [4.78, 5) is 2.12. The van der Waals surface area contributed by atoms with Gasteiger partial charge in [0.1, 0.15) is 6.04 Å². The van der Waals surface area contributed by atoms with Crippen LogP contribution in [0.3, 0.4) is 0 Å². The molecule has 1 aliphatic rings. The highest BCUT2D eigenvalue weighted by molar-refractivity contribution is 7.85. The van der Waals surface area contributed by atoms with E-state index < -0.39 is 16.8 Å². The predicted molar refractivity (Wildman–Crippen MR) is 52.5 cm³/mol. The zero-order valence-corrected chi connectivity index (χ0v) is 8.42. The molecule has 1 fully saturated rings. The highest BCUT2D eigenvalue weighted by atomic mass is 32.2. The molecule has 2 atom stereocenters. The first kappa shape index (κ1) is 10.6. The summed E-state index contributed by atoms with van der Waals surface area (Å²) in [5, 5.41) is 8.53. The highest BCUT2D eigenvalue weighted by Crippen LogP contribution is 2.01. The van der Waals surface area contributed by atoms with Crippen LogP contribution in [0.15, 0.2) is 0 Å². The summed E-state index contributed by atoms with van der Waals surface area (Å²) in [6.45, 7) is 2.33. The summed E-state index contributed by atoms with van der Waals surface area (Å²) in [6, 6.07) is 1.59. The fourth-order valence-corrected chi connectivity index (χ4v) is 2.51. The quantitative estimate of drug-likeness (QED) is 0.641. The molecule has 1 rings (SSSR count). The molecule has 0 aromatic carbocycles. The molecular weight excluding hydrogens is 186 g/mol. The second-order valence-electron chi connectivity index (χ2n) is 3.24. The Kier molecular flexibility index (Phi) is 4.36. The first-order valence-corrected chi connectivity index (χ1v) is 5.93. The third-order valence-corrected chi connectivity index (χ3v) is 3.48. The maximum absolute atomic E-state index is 11.2. The normalized spacial score (nSPS) is 27.5. The van der Waals surface area contributed by atoms with Gasteiger partial charge in [-0.05, 0) is 13.0 Å². The number of nitriles is 1. The monoisotopic (exact) mass is 201 g/mol. The molecule has 0 aromatic rings. The fraction of sp³-hybridized carbons (Fsp3) is 0.875. The zero-order chi connectivity index (χ0) is 9.68. The van der Waals surface area contributed by atoms with Crippen LogP contribution in [-0.4, -0.2) is 46.3 Å². The summed E-state index contributed by atoms with van der Waals surface area (Å²) in [7, 11) is -0.660. The van der Waals surface area contributed by atoms with E-state index >= 15 is 0 Å². The largest absolute Gasteiger partial charge is 0.315 e. The molecule has 1 aliphatic heterocycles. The smallest absolute Gasteiger partial charge is 0.106 e. The Morgan fingerprint density at radius 1 is 1.54 bits per heavy atom. The summed E-state index contributed by atoms with van der Waals surface area (Å²) >= 11 is 0. The first-order chi connectivity index (χ1) is 6.22. The Balaban J connectivity index is 2.34. The molecule has 0 saturated carbocycles. The molecule has 0 bridgehead atoms. The minimum Gasteiger partial charge on any atom is -0.315 e. The molecule has 0 aliphatic carbocycles. The average molecular weight is 201 g/mol. The van der Waals surface area contributed by atoms with Crippen LogP contribution in [0.1, 0.15) is 6.42 Å². The van der Waals surface area contributed by atoms with Crippen molar-refractivity contribution in [1.29, 1.82) is 5.26 Å². The molecule has 0 spiro atoms. The Bertz CT molecular complexity index is 226. The van der Waals surface area contributed by atoms with Gasteiger partial charge < -0.3 is 5.73 Å². The lowest BCUT2D eigenvalue weighted by molar-refractivity contribution is 0.290. The molecule has 2 N–H and O–H groups in total. The zero-order valence-electron chi connectivity index (χ0n) is 7.61. The van der Waals surface area contributed by atoms with Gasteiger partial charge >= 0.3 is 0 Å². The van der Waals surface area contributed by atoms with Crippen molar-refractivity contribution in [3.63, 3.8) is 0 Å². The lowest BCUT2D eigenvalue weighted by Crippen LogP contribution is -2.38. The summed E-state index contributed by atoms with van der Waals surface area (Å²) in [5.74, 6) is 1.51. The van der Waals surface area contributed by atoms with E-state index in [9.17, 15) is 4.21 Å². The number of nitrogens with two attached hydrogens (primary N) is 1. The molecule has 2 unspecified atom stereocenters. The average Bonchev–Trinajstić information content (AvgIpc) is 2.31. The molecule has 13 heavy (non-hydrogen) atoms. The predicted octanol–water partition coefficient (Wildman–Crippen LogP) is -0.708. The third-order valence-electron chi connectivity index (χ3n) is 2.10. The Labute approximate surface area is 81.2 Å². The van der Waals surface area contributed by atoms with Gasteiger partial charge in [0.15, 0.2) is 0 Å². The Morgan fingerprint density at radius 2 is 2.31 bits per heavy atom. The van der Waals surface area contributed by atoms with Gasteiger partial charge in [-0.3, -0.25) is 9.11 Å². The van der Waals surface area contributed by atoms with E-state index in [0.29, 0.717) is 6.54 Å². The molecule has 0 aromatic heterocycles. The fourth-order valence-electron chi connectivity index (χ4n) is 1.40. The molecule has 4 nitrogen and oxygen atoms in total. The van der Waals surface area contributed by atoms with Crippen molar-refractivity contribution >= 4 is 10.8 Å². The number of rotatable bonds is 2. The first-order valence-electron chi connectivity index (χ1n) is 4.45. The topological polar surface area (TPSA) is 70.1 Å². The van der Waals surface area contributed by atoms with Crippen molar-refractivity contribution in [2.45, 2.75) is 12.5 Å². The van der Waals surface area contributed by atoms with Crippen molar-refractivity contribution in [1.82, 2.24) is 4.90 Å². The summed E-state index contributed by atoms with van der Waals surface area (Å²) < 4.78 is 11.2. The second-order valence-corrected chi connectivity index (χ2v) is 4.93. The van der Waals surface area contributed by atoms with Gasteiger partial charge in [-0.25, -0.2) is 0 Å². The minimum atomic E-state index is -0.660. The number of hydrogen-bond donors (Lipinski definition) is 1. The molecule has 74 valence electrons. The van der Waals surface area contributed by atoms with Crippen LogP contribution >= 0.6 is 0 Å². The Hall–Kier alpha value is -0.440. The minimum absolute atomic E-state index is 0.411. The molecule has 1 heterocycles. The maximum atomic E-state index is 11.2. The maximum Gasteiger partial charge on any atom is 0.106 e. The van der Waals surface area contributed by atoms with E-state index in [2.05, 4.69) is 4.90 Å². The van der Waals surface area contributed by atoms with Gasteiger partial charge in [-0.2, -0.15) is 5.26 Å². The lowest BCUT2D eigenvalue weighted by atomic mass is 10.3. The van der Waals surface area contributed by atoms with E-state index in [1.54, 1.807) is 0 Å². The van der Waals surface area contributed by atoms with Crippen LogP contribution in [0.4, 0.5) is 0 Å². The molecule has 1 saturated heterocycles. The van der Waals surface area contributed by atoms with Crippen LogP contribution in [0.5, 0.6) is 0 Å². The number of hydrogen-bond acceptors (Lipinski definition) is 4. The van der Waals surface area contributed by atoms with Crippen molar-refractivity contribution in [3.05, 3.63) is 0 Å². The molecular formula is C8H15N3OS. The third kappa shape index (κ3) is 3.85. The summed E-state index contributed by atoms with van der Waals surface area (Å²) in [5.41, 5.74) is 5.51. The van der Waals surface area contributed by atoms with E-state index in [4.69, 9.17) is 11.0 Å². The molecule has 0 radical (unpaired) electrons. The van der Waals surface area contributed by atoms with Crippen molar-refractivity contribution in [2.75, 3.05) is 31.1 Å². The lowest BCUT2D eigenvalue weighted by Gasteiger charge is -2.19.